The van der Waals surface area contributed by atoms with E-state index in [4.69, 9.17) is 0 Å². The number of carbonyl (C=O) groups is 2. The zero-order valence-electron chi connectivity index (χ0n) is 36.4. The maximum atomic E-state index is 10.2. The second-order valence-corrected chi connectivity index (χ2v) is 16.4. The number of unbranched alkanes of at least 4 members (excludes halogenated alkanes) is 28. The second-order valence-electron chi connectivity index (χ2n) is 16.4. The first-order valence-electron chi connectivity index (χ1n) is 22.6. The first-order chi connectivity index (χ1) is 25.6. The van der Waals surface area contributed by atoms with Crippen LogP contribution in [0.1, 0.15) is 246 Å². The average Bonchev–Trinajstić information content (AvgIpc) is 3.11. The van der Waals surface area contributed by atoms with Crippen LogP contribution in [0.4, 0.5) is 5.69 Å². The molecule has 1 N–H and O–H groups in total. The van der Waals surface area contributed by atoms with Gasteiger partial charge in [-0.15, -0.1) is 0 Å². The first-order valence-corrected chi connectivity index (χ1v) is 22.6. The summed E-state index contributed by atoms with van der Waals surface area (Å²) in [5.41, 5.74) is 4.01. The molecule has 54 heavy (non-hydrogen) atoms. The summed E-state index contributed by atoms with van der Waals surface area (Å²) in [5, 5.41) is 23.9. The molecule has 6 heteroatoms. The molecule has 1 aromatic rings. The van der Waals surface area contributed by atoms with Gasteiger partial charge in [0.25, 0.3) is 0 Å². The van der Waals surface area contributed by atoms with Gasteiger partial charge in [0.2, 0.25) is 0 Å². The monoisotopic (exact) mass is 804 g/mol. The van der Waals surface area contributed by atoms with Gasteiger partial charge in [-0.05, 0) is 58.1 Å². The zero-order chi connectivity index (χ0) is 39.3. The fourth-order valence-electron chi connectivity index (χ4n) is 7.22. The van der Waals surface area contributed by atoms with Crippen molar-refractivity contribution in [1.29, 1.82) is 0 Å². The molecule has 1 aliphatic heterocycles. The summed E-state index contributed by atoms with van der Waals surface area (Å²) < 4.78 is 0. The van der Waals surface area contributed by atoms with Crippen molar-refractivity contribution in [3.8, 4) is 0 Å². The third kappa shape index (κ3) is 37.3. The van der Waals surface area contributed by atoms with Crippen LogP contribution in [-0.2, 0) is 29.1 Å². The molecule has 0 saturated heterocycles. The molecule has 2 rings (SSSR count). The van der Waals surface area contributed by atoms with Crippen molar-refractivity contribution in [2.45, 2.75) is 246 Å². The summed E-state index contributed by atoms with van der Waals surface area (Å²) in [6, 6.07) is 8.44. The SMILES string of the molecule is CC1=CC(C)(C)Nc2ccccc21.CCCCCCCCCCCCCCCCCC(=O)[O-].CCCCCCCCCCCCCCCCCC(=O)[O-].[Zn+2]. The van der Waals surface area contributed by atoms with Gasteiger partial charge < -0.3 is 25.1 Å². The van der Waals surface area contributed by atoms with Gasteiger partial charge in [-0.2, -0.15) is 0 Å². The Labute approximate surface area is 347 Å². The van der Waals surface area contributed by atoms with Gasteiger partial charge >= 0.3 is 19.5 Å². The molecule has 1 heterocycles. The quantitative estimate of drug-likeness (QED) is 0.0578. The molecule has 0 aliphatic carbocycles. The van der Waals surface area contributed by atoms with E-state index in [1.54, 1.807) is 0 Å². The van der Waals surface area contributed by atoms with Crippen molar-refractivity contribution >= 4 is 23.2 Å². The van der Waals surface area contributed by atoms with Crippen LogP contribution in [0.5, 0.6) is 0 Å². The molecule has 0 saturated carbocycles. The third-order valence-corrected chi connectivity index (χ3v) is 10.4. The summed E-state index contributed by atoms with van der Waals surface area (Å²) in [6.45, 7) is 11.1. The molecule has 0 aromatic heterocycles. The van der Waals surface area contributed by atoms with Crippen LogP contribution in [0.25, 0.3) is 5.57 Å². The largest absolute Gasteiger partial charge is 2.00 e. The van der Waals surface area contributed by atoms with Gasteiger partial charge in [0.1, 0.15) is 0 Å². The number of benzene rings is 1. The van der Waals surface area contributed by atoms with Gasteiger partial charge in [-0.25, -0.2) is 0 Å². The predicted octanol–water partition coefficient (Wildman–Crippen LogP) is 13.3. The van der Waals surface area contributed by atoms with Crippen molar-refractivity contribution in [1.82, 2.24) is 0 Å². The number of allylic oxidation sites excluding steroid dienone is 1. The smallest absolute Gasteiger partial charge is 0.550 e. The van der Waals surface area contributed by atoms with Crippen LogP contribution in [0, 0.1) is 0 Å². The van der Waals surface area contributed by atoms with Crippen molar-refractivity contribution in [2.75, 3.05) is 5.32 Å². The Morgan fingerprint density at radius 1 is 0.500 bits per heavy atom. The summed E-state index contributed by atoms with van der Waals surface area (Å²) in [5.74, 6) is -1.81. The Bertz CT molecular complexity index is 980. The number of hydrogen-bond acceptors (Lipinski definition) is 5. The van der Waals surface area contributed by atoms with E-state index in [0.29, 0.717) is 0 Å². The molecule has 0 spiro atoms. The Hall–Kier alpha value is -1.68. The molecule has 1 aromatic carbocycles. The van der Waals surface area contributed by atoms with Crippen molar-refractivity contribution in [3.63, 3.8) is 0 Å². The summed E-state index contributed by atoms with van der Waals surface area (Å²) in [7, 11) is 0. The maximum Gasteiger partial charge on any atom is 2.00 e. The van der Waals surface area contributed by atoms with Crippen LogP contribution in [0.15, 0.2) is 30.3 Å². The molecule has 308 valence electrons. The number of nitrogens with one attached hydrogen (secondary N) is 1. The van der Waals surface area contributed by atoms with Crippen LogP contribution >= 0.6 is 0 Å². The van der Waals surface area contributed by atoms with Crippen molar-refractivity contribution < 1.29 is 39.3 Å². The number of rotatable bonds is 32. The number of aliphatic carboxylic acids is 2. The average molecular weight is 806 g/mol. The molecule has 1 aliphatic rings. The van der Waals surface area contributed by atoms with E-state index in [2.05, 4.69) is 70.3 Å². The van der Waals surface area contributed by atoms with E-state index >= 15 is 0 Å². The van der Waals surface area contributed by atoms with Gasteiger partial charge in [-0.3, -0.25) is 0 Å². The Balaban J connectivity index is 0. The van der Waals surface area contributed by atoms with Crippen molar-refractivity contribution in [3.05, 3.63) is 35.9 Å². The van der Waals surface area contributed by atoms with E-state index in [1.165, 1.54) is 184 Å². The van der Waals surface area contributed by atoms with Crippen LogP contribution < -0.4 is 15.5 Å². The third-order valence-electron chi connectivity index (χ3n) is 10.4. The van der Waals surface area contributed by atoms with E-state index in [0.717, 1.165) is 25.7 Å². The minimum Gasteiger partial charge on any atom is -0.550 e. The molecule has 0 atom stereocenters. The first kappa shape index (κ1) is 54.4. The number of fused-ring (bicyclic) bond motifs is 1. The fraction of sp³-hybridized carbons (Fsp3) is 0.792. The normalized spacial score (nSPS) is 12.5. The topological polar surface area (TPSA) is 92.3 Å². The van der Waals surface area contributed by atoms with E-state index in [-0.39, 0.29) is 37.9 Å². The molecule has 0 bridgehead atoms. The number of carbonyl (C=O) groups excluding carboxylic acids is 2. The molecule has 0 amide bonds. The minimum atomic E-state index is -0.903. The van der Waals surface area contributed by atoms with Crippen LogP contribution in [0.3, 0.4) is 0 Å². The van der Waals surface area contributed by atoms with E-state index in [9.17, 15) is 19.8 Å². The predicted molar refractivity (Wildman–Crippen MR) is 227 cm³/mol. The molecule has 0 radical (unpaired) electrons. The summed E-state index contributed by atoms with van der Waals surface area (Å²) in [4.78, 5) is 20.4. The van der Waals surface area contributed by atoms with Gasteiger partial charge in [-0.1, -0.05) is 218 Å². The minimum absolute atomic E-state index is 0. The number of para-hydroxylation sites is 1. The number of carboxylic acids is 2. The van der Waals surface area contributed by atoms with Gasteiger partial charge in [0.15, 0.2) is 0 Å². The Morgan fingerprint density at radius 2 is 0.778 bits per heavy atom. The van der Waals surface area contributed by atoms with Crippen molar-refractivity contribution in [2.24, 2.45) is 0 Å². The zero-order valence-corrected chi connectivity index (χ0v) is 39.3. The fourth-order valence-corrected chi connectivity index (χ4v) is 7.22. The maximum absolute atomic E-state index is 10.2. The van der Waals surface area contributed by atoms with E-state index in [1.807, 2.05) is 0 Å². The molecular formula is C48H85NO4Zn. The van der Waals surface area contributed by atoms with Gasteiger partial charge in [0, 0.05) is 23.2 Å². The summed E-state index contributed by atoms with van der Waals surface area (Å²) in [6.07, 6.45) is 42.0. The van der Waals surface area contributed by atoms with Crippen LogP contribution in [0.2, 0.25) is 0 Å². The molecule has 5 nitrogen and oxygen atoms in total. The van der Waals surface area contributed by atoms with Crippen LogP contribution in [-0.4, -0.2) is 17.5 Å². The van der Waals surface area contributed by atoms with E-state index < -0.39 is 11.9 Å². The molecular weight excluding hydrogens is 720 g/mol. The molecule has 0 fully saturated rings. The Kier molecular flexibility index (Phi) is 39.9. The summed E-state index contributed by atoms with van der Waals surface area (Å²) >= 11 is 0. The second kappa shape index (κ2) is 39.6. The standard InChI is InChI=1S/2C18H36O2.C12H15N.Zn/c2*1-2-3-4-5-6-7-8-9-10-11-12-13-14-15-16-17-18(19)20;1-9-8-12(2,3)13-11-7-5-4-6-10(9)11;/h2*2-17H2,1H3,(H,19,20);4-8,13H,1-3H3;/q;;;+2/p-2. The number of hydrogen-bond donors (Lipinski definition) is 1. The number of carboxylic acid groups (broad SMARTS) is 2. The van der Waals surface area contributed by atoms with Gasteiger partial charge in [0.05, 0.1) is 5.54 Å². The number of anilines is 1. The Morgan fingerprint density at radius 3 is 1.07 bits per heavy atom. The molecule has 0 unspecified atom stereocenters.